The quantitative estimate of drug-likeness (QED) is 0.810. The predicted octanol–water partition coefficient (Wildman–Crippen LogP) is 3.15. The minimum Gasteiger partial charge on any atom is -0.462 e. The highest BCUT2D eigenvalue weighted by Gasteiger charge is 2.18. The molecule has 0 fully saturated rings. The second-order valence-corrected chi connectivity index (χ2v) is 4.01. The molecule has 1 aromatic carbocycles. The molecule has 0 saturated heterocycles. The van der Waals surface area contributed by atoms with Gasteiger partial charge in [0.25, 0.3) is 0 Å². The Morgan fingerprint density at radius 3 is 2.80 bits per heavy atom. The Morgan fingerprint density at radius 1 is 1.33 bits per heavy atom. The maximum absolute atomic E-state index is 8.92. The average molecular weight is 200 g/mol. The summed E-state index contributed by atoms with van der Waals surface area (Å²) in [6.45, 7) is 3.66. The SMILES string of the molecule is CC(C)(C#N)Nc1coc2ccccc12. The van der Waals surface area contributed by atoms with Crippen LogP contribution in [0.3, 0.4) is 0 Å². The topological polar surface area (TPSA) is 49.0 Å². The van der Waals surface area contributed by atoms with Crippen LogP contribution < -0.4 is 5.32 Å². The lowest BCUT2D eigenvalue weighted by Crippen LogP contribution is -2.28. The highest BCUT2D eigenvalue weighted by Crippen LogP contribution is 2.27. The molecule has 0 unspecified atom stereocenters. The number of furan rings is 1. The van der Waals surface area contributed by atoms with Gasteiger partial charge in [0.2, 0.25) is 0 Å². The van der Waals surface area contributed by atoms with Gasteiger partial charge in [0.05, 0.1) is 11.8 Å². The first kappa shape index (κ1) is 9.60. The highest BCUT2D eigenvalue weighted by atomic mass is 16.3. The van der Waals surface area contributed by atoms with Crippen molar-refractivity contribution < 1.29 is 4.42 Å². The monoisotopic (exact) mass is 200 g/mol. The van der Waals surface area contributed by atoms with E-state index in [0.29, 0.717) is 0 Å². The Kier molecular flexibility index (Phi) is 2.12. The first-order chi connectivity index (χ1) is 7.12. The molecular formula is C12H12N2O. The maximum atomic E-state index is 8.92. The molecule has 0 aliphatic heterocycles. The van der Waals surface area contributed by atoms with Crippen LogP contribution >= 0.6 is 0 Å². The van der Waals surface area contributed by atoms with Gasteiger partial charge in [-0.15, -0.1) is 0 Å². The lowest BCUT2D eigenvalue weighted by Gasteiger charge is -2.17. The zero-order valence-electron chi connectivity index (χ0n) is 8.74. The molecule has 1 N–H and O–H groups in total. The van der Waals surface area contributed by atoms with Crippen molar-refractivity contribution in [3.8, 4) is 6.07 Å². The van der Waals surface area contributed by atoms with Gasteiger partial charge in [0, 0.05) is 5.39 Å². The van der Waals surface area contributed by atoms with Crippen LogP contribution in [0, 0.1) is 11.3 Å². The van der Waals surface area contributed by atoms with Crippen LogP contribution in [0.1, 0.15) is 13.8 Å². The normalized spacial score (nSPS) is 11.3. The van der Waals surface area contributed by atoms with Crippen LogP contribution in [0.4, 0.5) is 5.69 Å². The molecule has 2 rings (SSSR count). The summed E-state index contributed by atoms with van der Waals surface area (Å²) < 4.78 is 5.37. The number of nitrogens with one attached hydrogen (secondary N) is 1. The van der Waals surface area contributed by atoms with Gasteiger partial charge in [0.15, 0.2) is 0 Å². The van der Waals surface area contributed by atoms with Gasteiger partial charge >= 0.3 is 0 Å². The molecule has 76 valence electrons. The largest absolute Gasteiger partial charge is 0.462 e. The van der Waals surface area contributed by atoms with Crippen molar-refractivity contribution in [1.82, 2.24) is 0 Å². The fraction of sp³-hybridized carbons (Fsp3) is 0.250. The molecule has 1 aromatic heterocycles. The van der Waals surface area contributed by atoms with Gasteiger partial charge in [-0.05, 0) is 26.0 Å². The van der Waals surface area contributed by atoms with Gasteiger partial charge in [-0.2, -0.15) is 5.26 Å². The summed E-state index contributed by atoms with van der Waals surface area (Å²) in [6, 6.07) is 9.93. The summed E-state index contributed by atoms with van der Waals surface area (Å²) in [4.78, 5) is 0. The molecule has 2 aromatic rings. The summed E-state index contributed by atoms with van der Waals surface area (Å²) in [5.41, 5.74) is 1.10. The lowest BCUT2D eigenvalue weighted by molar-refractivity contribution is 0.614. The van der Waals surface area contributed by atoms with Crippen molar-refractivity contribution in [3.63, 3.8) is 0 Å². The van der Waals surface area contributed by atoms with E-state index >= 15 is 0 Å². The van der Waals surface area contributed by atoms with E-state index < -0.39 is 5.54 Å². The zero-order chi connectivity index (χ0) is 10.9. The van der Waals surface area contributed by atoms with Crippen LogP contribution in [0.5, 0.6) is 0 Å². The van der Waals surface area contributed by atoms with Crippen LogP contribution in [0.2, 0.25) is 0 Å². The molecule has 0 saturated carbocycles. The number of anilines is 1. The van der Waals surface area contributed by atoms with Crippen molar-refractivity contribution in [1.29, 1.82) is 5.26 Å². The number of nitriles is 1. The number of hydrogen-bond donors (Lipinski definition) is 1. The summed E-state index contributed by atoms with van der Waals surface area (Å²) >= 11 is 0. The Morgan fingerprint density at radius 2 is 2.07 bits per heavy atom. The van der Waals surface area contributed by atoms with E-state index in [2.05, 4.69) is 11.4 Å². The van der Waals surface area contributed by atoms with Gasteiger partial charge in [-0.1, -0.05) is 12.1 Å². The summed E-state index contributed by atoms with van der Waals surface area (Å²) in [7, 11) is 0. The molecule has 3 heteroatoms. The van der Waals surface area contributed by atoms with E-state index in [4.69, 9.17) is 9.68 Å². The van der Waals surface area contributed by atoms with E-state index in [-0.39, 0.29) is 0 Å². The Balaban J connectivity index is 2.42. The van der Waals surface area contributed by atoms with Crippen molar-refractivity contribution >= 4 is 16.7 Å². The number of para-hydroxylation sites is 1. The van der Waals surface area contributed by atoms with Gasteiger partial charge < -0.3 is 9.73 Å². The molecule has 15 heavy (non-hydrogen) atoms. The van der Waals surface area contributed by atoms with Gasteiger partial charge in [-0.25, -0.2) is 0 Å². The molecular weight excluding hydrogens is 188 g/mol. The third-order valence-corrected chi connectivity index (χ3v) is 2.21. The number of rotatable bonds is 2. The molecule has 0 amide bonds. The molecule has 0 atom stereocenters. The van der Waals surface area contributed by atoms with Crippen molar-refractivity contribution in [2.75, 3.05) is 5.32 Å². The standard InChI is InChI=1S/C12H12N2O/c1-12(2,8-13)14-10-7-15-11-6-4-3-5-9(10)11/h3-7,14H,1-2H3. The van der Waals surface area contributed by atoms with Gasteiger partial charge in [-0.3, -0.25) is 0 Å². The third kappa shape index (κ3) is 1.79. The summed E-state index contributed by atoms with van der Waals surface area (Å²) in [6.07, 6.45) is 1.64. The molecule has 0 aliphatic rings. The fourth-order valence-electron chi connectivity index (χ4n) is 1.44. The predicted molar refractivity (Wildman–Crippen MR) is 59.5 cm³/mol. The highest BCUT2D eigenvalue weighted by molar-refractivity contribution is 5.90. The fourth-order valence-corrected chi connectivity index (χ4v) is 1.44. The van der Waals surface area contributed by atoms with E-state index in [0.717, 1.165) is 16.7 Å². The van der Waals surface area contributed by atoms with Crippen molar-refractivity contribution in [2.24, 2.45) is 0 Å². The van der Waals surface area contributed by atoms with Crippen LogP contribution in [0.25, 0.3) is 11.0 Å². The maximum Gasteiger partial charge on any atom is 0.136 e. The second kappa shape index (κ2) is 3.32. The minimum absolute atomic E-state index is 0.591. The first-order valence-corrected chi connectivity index (χ1v) is 4.78. The molecule has 0 spiro atoms. The average Bonchev–Trinajstić information content (AvgIpc) is 2.62. The Bertz CT molecular complexity index is 520. The Hall–Kier alpha value is -1.95. The van der Waals surface area contributed by atoms with E-state index in [1.165, 1.54) is 0 Å². The first-order valence-electron chi connectivity index (χ1n) is 4.78. The Labute approximate surface area is 88.3 Å². The lowest BCUT2D eigenvalue weighted by atomic mass is 10.1. The molecule has 0 bridgehead atoms. The van der Waals surface area contributed by atoms with E-state index in [9.17, 15) is 0 Å². The van der Waals surface area contributed by atoms with Crippen molar-refractivity contribution in [2.45, 2.75) is 19.4 Å². The van der Waals surface area contributed by atoms with Crippen LogP contribution in [-0.4, -0.2) is 5.54 Å². The minimum atomic E-state index is -0.591. The number of fused-ring (bicyclic) bond motifs is 1. The zero-order valence-corrected chi connectivity index (χ0v) is 8.74. The number of benzene rings is 1. The molecule has 1 heterocycles. The molecule has 3 nitrogen and oxygen atoms in total. The summed E-state index contributed by atoms with van der Waals surface area (Å²) in [5, 5.41) is 13.1. The van der Waals surface area contributed by atoms with Crippen molar-refractivity contribution in [3.05, 3.63) is 30.5 Å². The smallest absolute Gasteiger partial charge is 0.136 e. The van der Waals surface area contributed by atoms with E-state index in [1.54, 1.807) is 6.26 Å². The number of nitrogens with zero attached hydrogens (tertiary/aromatic N) is 1. The number of hydrogen-bond acceptors (Lipinski definition) is 3. The van der Waals surface area contributed by atoms with E-state index in [1.807, 2.05) is 38.1 Å². The molecule has 0 radical (unpaired) electrons. The third-order valence-electron chi connectivity index (χ3n) is 2.21. The molecule has 0 aliphatic carbocycles. The summed E-state index contributed by atoms with van der Waals surface area (Å²) in [5.74, 6) is 0. The van der Waals surface area contributed by atoms with Crippen LogP contribution in [-0.2, 0) is 0 Å². The second-order valence-electron chi connectivity index (χ2n) is 4.01. The van der Waals surface area contributed by atoms with Gasteiger partial charge in [0.1, 0.15) is 17.4 Å². The van der Waals surface area contributed by atoms with Crippen LogP contribution in [0.15, 0.2) is 34.9 Å².